The first-order valence-corrected chi connectivity index (χ1v) is 5.15. The Morgan fingerprint density at radius 3 is 2.50 bits per heavy atom. The van der Waals surface area contributed by atoms with Gasteiger partial charge in [0.2, 0.25) is 0 Å². The molecule has 0 fully saturated rings. The molecule has 1 aromatic rings. The van der Waals surface area contributed by atoms with Gasteiger partial charge in [-0.25, -0.2) is 9.18 Å². The standard InChI is InChI=1S/C9H5Br2FO2/c10-6-3-5(1-2-9(13)14)8(12)4-7(6)11/h1-4H,(H,13,14)/b2-1+. The van der Waals surface area contributed by atoms with Gasteiger partial charge in [-0.2, -0.15) is 0 Å². The van der Waals surface area contributed by atoms with Crippen LogP contribution in [0.15, 0.2) is 27.2 Å². The minimum absolute atomic E-state index is 0.225. The van der Waals surface area contributed by atoms with Gasteiger partial charge in [0.25, 0.3) is 0 Å². The van der Waals surface area contributed by atoms with E-state index in [1.807, 2.05) is 0 Å². The fraction of sp³-hybridized carbons (Fsp3) is 0. The lowest BCUT2D eigenvalue weighted by molar-refractivity contribution is -0.131. The Labute approximate surface area is 96.7 Å². The Hall–Kier alpha value is -0.680. The third kappa shape index (κ3) is 2.92. The molecular formula is C9H5Br2FO2. The smallest absolute Gasteiger partial charge is 0.328 e. The molecule has 0 heterocycles. The minimum atomic E-state index is -1.11. The molecule has 0 spiro atoms. The highest BCUT2D eigenvalue weighted by Gasteiger charge is 2.04. The number of carbonyl (C=O) groups is 1. The number of hydrogen-bond donors (Lipinski definition) is 1. The number of benzene rings is 1. The summed E-state index contributed by atoms with van der Waals surface area (Å²) < 4.78 is 14.4. The van der Waals surface area contributed by atoms with Gasteiger partial charge in [0.1, 0.15) is 5.82 Å². The van der Waals surface area contributed by atoms with Gasteiger partial charge < -0.3 is 5.11 Å². The summed E-state index contributed by atoms with van der Waals surface area (Å²) in [4.78, 5) is 10.2. The first-order chi connectivity index (χ1) is 6.50. The van der Waals surface area contributed by atoms with E-state index in [4.69, 9.17) is 5.11 Å². The summed E-state index contributed by atoms with van der Waals surface area (Å²) in [5.74, 6) is -1.58. The molecule has 0 unspecified atom stereocenters. The molecule has 0 aliphatic carbocycles. The van der Waals surface area contributed by atoms with Gasteiger partial charge in [-0.05, 0) is 50.1 Å². The Morgan fingerprint density at radius 1 is 1.36 bits per heavy atom. The van der Waals surface area contributed by atoms with Crippen LogP contribution in [-0.4, -0.2) is 11.1 Å². The first kappa shape index (κ1) is 11.4. The zero-order valence-corrected chi connectivity index (χ0v) is 9.97. The predicted molar refractivity (Wildman–Crippen MR) is 58.5 cm³/mol. The van der Waals surface area contributed by atoms with Crippen LogP contribution in [0.3, 0.4) is 0 Å². The topological polar surface area (TPSA) is 37.3 Å². The number of rotatable bonds is 2. The predicted octanol–water partition coefficient (Wildman–Crippen LogP) is 3.45. The van der Waals surface area contributed by atoms with Crippen LogP contribution in [0.2, 0.25) is 0 Å². The van der Waals surface area contributed by atoms with E-state index in [9.17, 15) is 9.18 Å². The Morgan fingerprint density at radius 2 is 1.93 bits per heavy atom. The normalized spacial score (nSPS) is 10.8. The summed E-state index contributed by atoms with van der Waals surface area (Å²) in [5, 5.41) is 8.36. The number of carboxylic acid groups (broad SMARTS) is 1. The summed E-state index contributed by atoms with van der Waals surface area (Å²) in [6.45, 7) is 0. The van der Waals surface area contributed by atoms with Gasteiger partial charge in [0, 0.05) is 20.6 Å². The van der Waals surface area contributed by atoms with E-state index in [1.165, 1.54) is 18.2 Å². The number of aliphatic carboxylic acids is 1. The monoisotopic (exact) mass is 322 g/mol. The average molecular weight is 324 g/mol. The highest BCUT2D eigenvalue weighted by molar-refractivity contribution is 9.13. The molecule has 1 aromatic carbocycles. The molecule has 0 atom stereocenters. The Bertz CT molecular complexity index is 402. The van der Waals surface area contributed by atoms with Crippen molar-refractivity contribution in [2.45, 2.75) is 0 Å². The molecule has 0 radical (unpaired) electrons. The molecule has 2 nitrogen and oxygen atoms in total. The van der Waals surface area contributed by atoms with Crippen LogP contribution in [0, 0.1) is 5.82 Å². The van der Waals surface area contributed by atoms with Gasteiger partial charge >= 0.3 is 5.97 Å². The van der Waals surface area contributed by atoms with Crippen LogP contribution < -0.4 is 0 Å². The third-order valence-electron chi connectivity index (χ3n) is 1.45. The van der Waals surface area contributed by atoms with E-state index in [-0.39, 0.29) is 5.56 Å². The second-order valence-corrected chi connectivity index (χ2v) is 4.17. The second-order valence-electron chi connectivity index (χ2n) is 2.46. The van der Waals surface area contributed by atoms with Gasteiger partial charge in [0.05, 0.1) is 0 Å². The lowest BCUT2D eigenvalue weighted by Crippen LogP contribution is -1.88. The molecule has 0 saturated carbocycles. The number of halogens is 3. The third-order valence-corrected chi connectivity index (χ3v) is 3.29. The zero-order valence-electron chi connectivity index (χ0n) is 6.80. The van der Waals surface area contributed by atoms with E-state index in [0.29, 0.717) is 8.95 Å². The van der Waals surface area contributed by atoms with Gasteiger partial charge in [0.15, 0.2) is 0 Å². The second kappa shape index (κ2) is 4.70. The summed E-state index contributed by atoms with van der Waals surface area (Å²) in [6.07, 6.45) is 2.09. The highest BCUT2D eigenvalue weighted by atomic mass is 79.9. The van der Waals surface area contributed by atoms with Gasteiger partial charge in [-0.15, -0.1) is 0 Å². The summed E-state index contributed by atoms with van der Waals surface area (Å²) in [6, 6.07) is 2.77. The Kier molecular flexibility index (Phi) is 3.83. The molecule has 0 aliphatic heterocycles. The van der Waals surface area contributed by atoms with Crippen LogP contribution in [0.1, 0.15) is 5.56 Å². The molecule has 1 N–H and O–H groups in total. The SMILES string of the molecule is O=C(O)/C=C/c1cc(Br)c(Br)cc1F. The highest BCUT2D eigenvalue weighted by Crippen LogP contribution is 2.26. The molecule has 1 rings (SSSR count). The zero-order chi connectivity index (χ0) is 10.7. The fourth-order valence-electron chi connectivity index (χ4n) is 0.827. The van der Waals surface area contributed by atoms with Crippen molar-refractivity contribution >= 4 is 43.9 Å². The van der Waals surface area contributed by atoms with E-state index < -0.39 is 11.8 Å². The molecule has 0 aliphatic rings. The van der Waals surface area contributed by atoms with Crippen LogP contribution in [-0.2, 0) is 4.79 Å². The summed E-state index contributed by atoms with van der Waals surface area (Å²) >= 11 is 6.33. The van der Waals surface area contributed by atoms with Crippen molar-refractivity contribution in [1.82, 2.24) is 0 Å². The van der Waals surface area contributed by atoms with Crippen molar-refractivity contribution in [2.75, 3.05) is 0 Å². The summed E-state index contributed by atoms with van der Waals surface area (Å²) in [5.41, 5.74) is 0.225. The van der Waals surface area contributed by atoms with E-state index in [1.54, 1.807) is 0 Å². The minimum Gasteiger partial charge on any atom is -0.478 e. The molecule has 5 heteroatoms. The van der Waals surface area contributed by atoms with Crippen LogP contribution in [0.4, 0.5) is 4.39 Å². The molecule has 0 bridgehead atoms. The molecule has 0 saturated heterocycles. The Balaban J connectivity index is 3.10. The number of carboxylic acids is 1. The van der Waals surface area contributed by atoms with Crippen molar-refractivity contribution in [1.29, 1.82) is 0 Å². The van der Waals surface area contributed by atoms with E-state index in [0.717, 1.165) is 6.08 Å². The van der Waals surface area contributed by atoms with Crippen molar-refractivity contribution in [3.05, 3.63) is 38.5 Å². The van der Waals surface area contributed by atoms with Crippen LogP contribution >= 0.6 is 31.9 Å². The van der Waals surface area contributed by atoms with Crippen molar-refractivity contribution in [2.24, 2.45) is 0 Å². The average Bonchev–Trinajstić information content (AvgIpc) is 2.09. The molecule has 0 amide bonds. The lowest BCUT2D eigenvalue weighted by Gasteiger charge is -2.00. The van der Waals surface area contributed by atoms with E-state index >= 15 is 0 Å². The van der Waals surface area contributed by atoms with Gasteiger partial charge in [-0.1, -0.05) is 0 Å². The van der Waals surface area contributed by atoms with Crippen molar-refractivity contribution in [3.8, 4) is 0 Å². The van der Waals surface area contributed by atoms with Crippen LogP contribution in [0.5, 0.6) is 0 Å². The van der Waals surface area contributed by atoms with E-state index in [2.05, 4.69) is 31.9 Å². The van der Waals surface area contributed by atoms with Crippen molar-refractivity contribution in [3.63, 3.8) is 0 Å². The molecule has 14 heavy (non-hydrogen) atoms. The lowest BCUT2D eigenvalue weighted by atomic mass is 10.2. The summed E-state index contributed by atoms with van der Waals surface area (Å²) in [7, 11) is 0. The molecular weight excluding hydrogens is 319 g/mol. The fourth-order valence-corrected chi connectivity index (χ4v) is 1.50. The number of hydrogen-bond acceptors (Lipinski definition) is 1. The molecule has 0 aromatic heterocycles. The van der Waals surface area contributed by atoms with Gasteiger partial charge in [-0.3, -0.25) is 0 Å². The maximum absolute atomic E-state index is 13.2. The van der Waals surface area contributed by atoms with Crippen LogP contribution in [0.25, 0.3) is 6.08 Å². The largest absolute Gasteiger partial charge is 0.478 e. The quantitative estimate of drug-likeness (QED) is 0.668. The maximum Gasteiger partial charge on any atom is 0.328 e. The maximum atomic E-state index is 13.2. The molecule has 74 valence electrons. The first-order valence-electron chi connectivity index (χ1n) is 3.56. The van der Waals surface area contributed by atoms with Crippen molar-refractivity contribution < 1.29 is 14.3 Å².